The summed E-state index contributed by atoms with van der Waals surface area (Å²) in [6, 6.07) is 10.6. The summed E-state index contributed by atoms with van der Waals surface area (Å²) in [4.78, 5) is 0. The Morgan fingerprint density at radius 3 is 2.53 bits per heavy atom. The first kappa shape index (κ1) is 12.0. The molecule has 1 aliphatic carbocycles. The van der Waals surface area contributed by atoms with Crippen molar-refractivity contribution in [1.29, 1.82) is 5.26 Å². The number of nitrogens with zero attached hydrogens (tertiary/aromatic N) is 1. The Kier molecular flexibility index (Phi) is 3.68. The van der Waals surface area contributed by atoms with Gasteiger partial charge in [0.2, 0.25) is 0 Å². The van der Waals surface area contributed by atoms with Crippen molar-refractivity contribution in [2.45, 2.75) is 39.0 Å². The number of benzene rings is 1. The molecule has 0 N–H and O–H groups in total. The first-order valence-electron chi connectivity index (χ1n) is 6.37. The first-order valence-corrected chi connectivity index (χ1v) is 6.37. The monoisotopic (exact) mass is 229 g/mol. The lowest BCUT2D eigenvalue weighted by Crippen LogP contribution is -2.12. The highest BCUT2D eigenvalue weighted by molar-refractivity contribution is 5.27. The molecule has 1 aromatic rings. The van der Waals surface area contributed by atoms with Gasteiger partial charge in [-0.1, -0.05) is 25.5 Å². The molecule has 2 nitrogen and oxygen atoms in total. The molecule has 2 heteroatoms. The van der Waals surface area contributed by atoms with E-state index in [1.54, 1.807) is 0 Å². The van der Waals surface area contributed by atoms with E-state index in [1.165, 1.54) is 12.0 Å². The minimum absolute atomic E-state index is 0.164. The van der Waals surface area contributed by atoms with Gasteiger partial charge in [-0.2, -0.15) is 5.26 Å². The second-order valence-corrected chi connectivity index (χ2v) is 5.02. The highest BCUT2D eigenvalue weighted by Gasteiger charge is 2.43. The predicted molar refractivity (Wildman–Crippen MR) is 67.8 cm³/mol. The Labute approximate surface area is 103 Å². The molecule has 0 heterocycles. The van der Waals surface area contributed by atoms with Crippen LogP contribution < -0.4 is 4.74 Å². The van der Waals surface area contributed by atoms with E-state index in [4.69, 9.17) is 10.00 Å². The topological polar surface area (TPSA) is 33.0 Å². The van der Waals surface area contributed by atoms with Gasteiger partial charge < -0.3 is 4.74 Å². The van der Waals surface area contributed by atoms with E-state index in [0.29, 0.717) is 13.0 Å². The van der Waals surface area contributed by atoms with Crippen LogP contribution in [0.3, 0.4) is 0 Å². The molecule has 0 bridgehead atoms. The van der Waals surface area contributed by atoms with Gasteiger partial charge in [-0.05, 0) is 37.0 Å². The van der Waals surface area contributed by atoms with Crippen molar-refractivity contribution in [1.82, 2.24) is 0 Å². The second kappa shape index (κ2) is 5.23. The van der Waals surface area contributed by atoms with E-state index >= 15 is 0 Å². The summed E-state index contributed by atoms with van der Waals surface area (Å²) in [7, 11) is 0. The number of aryl methyl sites for hydroxylation is 1. The molecule has 17 heavy (non-hydrogen) atoms. The van der Waals surface area contributed by atoms with Crippen LogP contribution in [0.25, 0.3) is 0 Å². The Bertz CT molecular complexity index is 398. The zero-order valence-corrected chi connectivity index (χ0v) is 10.4. The van der Waals surface area contributed by atoms with Gasteiger partial charge in [0.15, 0.2) is 0 Å². The van der Waals surface area contributed by atoms with Crippen LogP contribution in [0.15, 0.2) is 24.3 Å². The summed E-state index contributed by atoms with van der Waals surface area (Å²) >= 11 is 0. The Balaban J connectivity index is 1.85. The molecular formula is C15H19NO. The highest BCUT2D eigenvalue weighted by atomic mass is 16.5. The lowest BCUT2D eigenvalue weighted by molar-refractivity contribution is 0.237. The quantitative estimate of drug-likeness (QED) is 0.745. The summed E-state index contributed by atoms with van der Waals surface area (Å²) in [6.07, 6.45) is 5.19. The minimum atomic E-state index is 0.164. The molecule has 0 radical (unpaired) electrons. The summed E-state index contributed by atoms with van der Waals surface area (Å²) in [5, 5.41) is 8.73. The van der Waals surface area contributed by atoms with Crippen LogP contribution >= 0.6 is 0 Å². The molecule has 0 unspecified atom stereocenters. The molecule has 2 rings (SSSR count). The van der Waals surface area contributed by atoms with Crippen LogP contribution in [-0.4, -0.2) is 6.61 Å². The van der Waals surface area contributed by atoms with Crippen molar-refractivity contribution < 1.29 is 4.74 Å². The summed E-state index contributed by atoms with van der Waals surface area (Å²) in [5.41, 5.74) is 1.52. The molecule has 0 amide bonds. The van der Waals surface area contributed by atoms with E-state index in [0.717, 1.165) is 25.0 Å². The molecule has 0 atom stereocenters. The fraction of sp³-hybridized carbons (Fsp3) is 0.533. The number of rotatable bonds is 6. The molecule has 1 aromatic carbocycles. The molecule has 90 valence electrons. The van der Waals surface area contributed by atoms with Crippen LogP contribution in [0.1, 0.15) is 38.2 Å². The van der Waals surface area contributed by atoms with Crippen molar-refractivity contribution in [3.05, 3.63) is 29.8 Å². The zero-order valence-electron chi connectivity index (χ0n) is 10.4. The van der Waals surface area contributed by atoms with Gasteiger partial charge in [-0.15, -0.1) is 0 Å². The van der Waals surface area contributed by atoms with E-state index in [9.17, 15) is 0 Å². The smallest absolute Gasteiger partial charge is 0.119 e. The first-order chi connectivity index (χ1) is 8.28. The Morgan fingerprint density at radius 2 is 2.00 bits per heavy atom. The van der Waals surface area contributed by atoms with Crippen LogP contribution in [0, 0.1) is 16.7 Å². The molecule has 1 fully saturated rings. The van der Waals surface area contributed by atoms with Crippen LogP contribution in [-0.2, 0) is 6.42 Å². The predicted octanol–water partition coefficient (Wildman–Crippen LogP) is 3.71. The summed E-state index contributed by atoms with van der Waals surface area (Å²) in [6.45, 7) is 2.87. The maximum absolute atomic E-state index is 8.73. The van der Waals surface area contributed by atoms with E-state index in [-0.39, 0.29) is 5.41 Å². The molecule has 0 aromatic heterocycles. The van der Waals surface area contributed by atoms with Gasteiger partial charge in [0.1, 0.15) is 5.75 Å². The Hall–Kier alpha value is -1.49. The standard InChI is InChI=1S/C15H19NO/c1-2-3-13-4-6-14(7-5-13)17-12-15(8-9-15)10-11-16/h4-7H,2-3,8-10,12H2,1H3. The van der Waals surface area contributed by atoms with Crippen molar-refractivity contribution >= 4 is 0 Å². The van der Waals surface area contributed by atoms with Crippen molar-refractivity contribution in [3.8, 4) is 11.8 Å². The van der Waals surface area contributed by atoms with Crippen LogP contribution in [0.2, 0.25) is 0 Å². The maximum atomic E-state index is 8.73. The zero-order chi connectivity index (χ0) is 12.1. The van der Waals surface area contributed by atoms with Gasteiger partial charge in [-0.3, -0.25) is 0 Å². The van der Waals surface area contributed by atoms with Crippen molar-refractivity contribution in [2.24, 2.45) is 5.41 Å². The third-order valence-corrected chi connectivity index (χ3v) is 3.42. The van der Waals surface area contributed by atoms with Crippen molar-refractivity contribution in [3.63, 3.8) is 0 Å². The SMILES string of the molecule is CCCc1ccc(OCC2(CC#N)CC2)cc1. The van der Waals surface area contributed by atoms with Crippen LogP contribution in [0.5, 0.6) is 5.75 Å². The molecule has 0 saturated heterocycles. The lowest BCUT2D eigenvalue weighted by atomic mass is 10.1. The normalized spacial score (nSPS) is 16.2. The molecule has 1 aliphatic rings. The summed E-state index contributed by atoms with van der Waals surface area (Å²) in [5.74, 6) is 0.925. The number of hydrogen-bond donors (Lipinski definition) is 0. The average molecular weight is 229 g/mol. The van der Waals surface area contributed by atoms with E-state index < -0.39 is 0 Å². The lowest BCUT2D eigenvalue weighted by Gasteiger charge is -2.13. The fourth-order valence-corrected chi connectivity index (χ4v) is 1.99. The molecule has 1 saturated carbocycles. The largest absolute Gasteiger partial charge is 0.493 e. The average Bonchev–Trinajstić information content (AvgIpc) is 3.10. The van der Waals surface area contributed by atoms with E-state index in [1.807, 2.05) is 12.1 Å². The van der Waals surface area contributed by atoms with Crippen LogP contribution in [0.4, 0.5) is 0 Å². The van der Waals surface area contributed by atoms with E-state index in [2.05, 4.69) is 25.1 Å². The highest BCUT2D eigenvalue weighted by Crippen LogP contribution is 2.48. The maximum Gasteiger partial charge on any atom is 0.119 e. The minimum Gasteiger partial charge on any atom is -0.493 e. The third-order valence-electron chi connectivity index (χ3n) is 3.42. The van der Waals surface area contributed by atoms with Gasteiger partial charge in [-0.25, -0.2) is 0 Å². The molecule has 0 aliphatic heterocycles. The number of nitriles is 1. The van der Waals surface area contributed by atoms with Gasteiger partial charge in [0.05, 0.1) is 12.7 Å². The molecule has 0 spiro atoms. The summed E-state index contributed by atoms with van der Waals surface area (Å²) < 4.78 is 5.77. The van der Waals surface area contributed by atoms with Gasteiger partial charge in [0.25, 0.3) is 0 Å². The number of hydrogen-bond acceptors (Lipinski definition) is 2. The van der Waals surface area contributed by atoms with Gasteiger partial charge in [0, 0.05) is 11.8 Å². The fourth-order valence-electron chi connectivity index (χ4n) is 1.99. The van der Waals surface area contributed by atoms with Crippen molar-refractivity contribution in [2.75, 3.05) is 6.61 Å². The second-order valence-electron chi connectivity index (χ2n) is 5.02. The Morgan fingerprint density at radius 1 is 1.29 bits per heavy atom. The third kappa shape index (κ3) is 3.23. The van der Waals surface area contributed by atoms with Gasteiger partial charge >= 0.3 is 0 Å². The molecular weight excluding hydrogens is 210 g/mol. The number of ether oxygens (including phenoxy) is 1.